The lowest BCUT2D eigenvalue weighted by Crippen LogP contribution is -2.57. The number of fused-ring (bicyclic) bond motifs is 1. The van der Waals surface area contributed by atoms with E-state index in [9.17, 15) is 19.5 Å². The molecule has 0 bridgehead atoms. The Morgan fingerprint density at radius 2 is 2.00 bits per heavy atom. The van der Waals surface area contributed by atoms with E-state index in [1.165, 1.54) is 6.07 Å². The standard InChI is InChI=1S/C15H16N2O7/c18-12(17-15(14(20)21)3-4-22-7-15)6-16-13(19)9-1-2-10-11(5-9)24-8-23-10/h1-2,5H,3-4,6-8H2,(H,16,19)(H,17,18)(H,20,21). The summed E-state index contributed by atoms with van der Waals surface area (Å²) in [5, 5.41) is 14.1. The summed E-state index contributed by atoms with van der Waals surface area (Å²) in [5.74, 6) is -1.23. The highest BCUT2D eigenvalue weighted by Gasteiger charge is 2.43. The summed E-state index contributed by atoms with van der Waals surface area (Å²) in [6, 6.07) is 4.66. The van der Waals surface area contributed by atoms with Gasteiger partial charge in [0, 0.05) is 18.6 Å². The molecule has 1 aromatic rings. The Labute approximate surface area is 136 Å². The van der Waals surface area contributed by atoms with Crippen LogP contribution in [0.3, 0.4) is 0 Å². The van der Waals surface area contributed by atoms with E-state index in [-0.39, 0.29) is 33.0 Å². The smallest absolute Gasteiger partial charge is 0.331 e. The molecule has 0 aromatic heterocycles. The maximum Gasteiger partial charge on any atom is 0.331 e. The van der Waals surface area contributed by atoms with Crippen LogP contribution in [0.15, 0.2) is 18.2 Å². The van der Waals surface area contributed by atoms with E-state index < -0.39 is 23.3 Å². The highest BCUT2D eigenvalue weighted by atomic mass is 16.7. The SMILES string of the molecule is O=C(CNC(=O)c1ccc2c(c1)OCO2)NC1(C(=O)O)CCOC1. The maximum absolute atomic E-state index is 12.1. The largest absolute Gasteiger partial charge is 0.479 e. The number of aliphatic carboxylic acids is 1. The highest BCUT2D eigenvalue weighted by Crippen LogP contribution is 2.32. The van der Waals surface area contributed by atoms with Crippen molar-refractivity contribution >= 4 is 17.8 Å². The van der Waals surface area contributed by atoms with Crippen LogP contribution in [0.2, 0.25) is 0 Å². The van der Waals surface area contributed by atoms with E-state index in [2.05, 4.69) is 10.6 Å². The van der Waals surface area contributed by atoms with Crippen LogP contribution >= 0.6 is 0 Å². The summed E-state index contributed by atoms with van der Waals surface area (Å²) in [7, 11) is 0. The minimum atomic E-state index is -1.43. The molecule has 2 aliphatic heterocycles. The van der Waals surface area contributed by atoms with Crippen LogP contribution in [0.5, 0.6) is 11.5 Å². The number of rotatable bonds is 5. The summed E-state index contributed by atoms with van der Waals surface area (Å²) in [4.78, 5) is 35.3. The van der Waals surface area contributed by atoms with Crippen molar-refractivity contribution in [3.05, 3.63) is 23.8 Å². The summed E-state index contributed by atoms with van der Waals surface area (Å²) >= 11 is 0. The molecule has 3 N–H and O–H groups in total. The second-order valence-electron chi connectivity index (χ2n) is 5.49. The normalized spacial score (nSPS) is 21.3. The minimum Gasteiger partial charge on any atom is -0.479 e. The van der Waals surface area contributed by atoms with Gasteiger partial charge in [0.2, 0.25) is 12.7 Å². The van der Waals surface area contributed by atoms with Gasteiger partial charge < -0.3 is 30.0 Å². The Bertz CT molecular complexity index is 682. The third-order valence-electron chi connectivity index (χ3n) is 3.85. The van der Waals surface area contributed by atoms with Crippen LogP contribution in [-0.4, -0.2) is 55.0 Å². The molecule has 1 fully saturated rings. The van der Waals surface area contributed by atoms with Crippen molar-refractivity contribution in [1.29, 1.82) is 0 Å². The van der Waals surface area contributed by atoms with Gasteiger partial charge in [-0.2, -0.15) is 0 Å². The predicted octanol–water partition coefficient (Wildman–Crippen LogP) is -0.495. The molecule has 2 aliphatic rings. The number of benzene rings is 1. The van der Waals surface area contributed by atoms with Crippen LogP contribution < -0.4 is 20.1 Å². The number of nitrogens with one attached hydrogen (secondary N) is 2. The lowest BCUT2D eigenvalue weighted by molar-refractivity contribution is -0.147. The van der Waals surface area contributed by atoms with Gasteiger partial charge in [-0.05, 0) is 18.2 Å². The van der Waals surface area contributed by atoms with Crippen LogP contribution in [0.25, 0.3) is 0 Å². The van der Waals surface area contributed by atoms with Gasteiger partial charge >= 0.3 is 5.97 Å². The van der Waals surface area contributed by atoms with Gasteiger partial charge in [-0.15, -0.1) is 0 Å². The molecule has 3 rings (SSSR count). The summed E-state index contributed by atoms with van der Waals surface area (Å²) in [6.45, 7) is -0.0786. The van der Waals surface area contributed by atoms with Gasteiger partial charge in [0.1, 0.15) is 0 Å². The Kier molecular flexibility index (Phi) is 4.26. The lowest BCUT2D eigenvalue weighted by atomic mass is 9.99. The first-order chi connectivity index (χ1) is 11.5. The molecule has 1 unspecified atom stereocenters. The molecule has 0 aliphatic carbocycles. The van der Waals surface area contributed by atoms with E-state index in [1.54, 1.807) is 12.1 Å². The van der Waals surface area contributed by atoms with Gasteiger partial charge in [-0.25, -0.2) is 4.79 Å². The van der Waals surface area contributed by atoms with Crippen molar-refractivity contribution in [1.82, 2.24) is 10.6 Å². The number of hydrogen-bond acceptors (Lipinski definition) is 6. The second-order valence-corrected chi connectivity index (χ2v) is 5.49. The molecular formula is C15H16N2O7. The topological polar surface area (TPSA) is 123 Å². The average Bonchev–Trinajstić information content (AvgIpc) is 3.21. The van der Waals surface area contributed by atoms with E-state index in [0.717, 1.165) is 0 Å². The minimum absolute atomic E-state index is 0.0931. The zero-order valence-electron chi connectivity index (χ0n) is 12.7. The van der Waals surface area contributed by atoms with Crippen LogP contribution in [0.1, 0.15) is 16.8 Å². The fourth-order valence-electron chi connectivity index (χ4n) is 2.50. The van der Waals surface area contributed by atoms with Gasteiger partial charge in [0.25, 0.3) is 5.91 Å². The zero-order chi connectivity index (χ0) is 17.2. The van der Waals surface area contributed by atoms with Gasteiger partial charge in [0.15, 0.2) is 17.0 Å². The molecule has 24 heavy (non-hydrogen) atoms. The molecule has 128 valence electrons. The van der Waals surface area contributed by atoms with E-state index in [4.69, 9.17) is 14.2 Å². The van der Waals surface area contributed by atoms with E-state index >= 15 is 0 Å². The molecule has 1 saturated heterocycles. The lowest BCUT2D eigenvalue weighted by Gasteiger charge is -2.23. The Hall–Kier alpha value is -2.81. The fraction of sp³-hybridized carbons (Fsp3) is 0.400. The number of carboxylic acids is 1. The van der Waals surface area contributed by atoms with E-state index in [0.29, 0.717) is 17.1 Å². The second kappa shape index (κ2) is 6.36. The molecule has 9 heteroatoms. The summed E-state index contributed by atoms with van der Waals surface area (Å²) in [5.41, 5.74) is -1.12. The number of carbonyl (C=O) groups is 3. The molecule has 1 aromatic carbocycles. The van der Waals surface area contributed by atoms with Crippen LogP contribution in [0.4, 0.5) is 0 Å². The quantitative estimate of drug-likeness (QED) is 0.662. The third-order valence-corrected chi connectivity index (χ3v) is 3.85. The van der Waals surface area contributed by atoms with Gasteiger partial charge in [0.05, 0.1) is 13.2 Å². The first-order valence-electron chi connectivity index (χ1n) is 7.30. The maximum atomic E-state index is 12.1. The number of carboxylic acid groups (broad SMARTS) is 1. The molecule has 2 heterocycles. The zero-order valence-corrected chi connectivity index (χ0v) is 12.7. The van der Waals surface area contributed by atoms with Gasteiger partial charge in [-0.1, -0.05) is 0 Å². The summed E-state index contributed by atoms with van der Waals surface area (Å²) in [6.07, 6.45) is 0.185. The Morgan fingerprint density at radius 1 is 1.21 bits per heavy atom. The Balaban J connectivity index is 1.56. The highest BCUT2D eigenvalue weighted by molar-refractivity contribution is 5.97. The van der Waals surface area contributed by atoms with E-state index in [1.807, 2.05) is 0 Å². The first-order valence-corrected chi connectivity index (χ1v) is 7.30. The van der Waals surface area contributed by atoms with Crippen molar-refractivity contribution in [2.24, 2.45) is 0 Å². The molecule has 9 nitrogen and oxygen atoms in total. The Morgan fingerprint density at radius 3 is 2.71 bits per heavy atom. The number of carbonyl (C=O) groups excluding carboxylic acids is 2. The number of amides is 2. The first kappa shape index (κ1) is 16.1. The van der Waals surface area contributed by atoms with Crippen molar-refractivity contribution in [3.63, 3.8) is 0 Å². The van der Waals surface area contributed by atoms with Crippen molar-refractivity contribution in [3.8, 4) is 11.5 Å². The average molecular weight is 336 g/mol. The monoisotopic (exact) mass is 336 g/mol. The summed E-state index contributed by atoms with van der Waals surface area (Å²) < 4.78 is 15.4. The van der Waals surface area contributed by atoms with Crippen molar-refractivity contribution in [2.75, 3.05) is 26.6 Å². The van der Waals surface area contributed by atoms with Crippen molar-refractivity contribution < 1.29 is 33.7 Å². The molecule has 0 saturated carbocycles. The third kappa shape index (κ3) is 3.11. The fourth-order valence-corrected chi connectivity index (χ4v) is 2.50. The van der Waals surface area contributed by atoms with Gasteiger partial charge in [-0.3, -0.25) is 9.59 Å². The van der Waals surface area contributed by atoms with Crippen LogP contribution in [0, 0.1) is 0 Å². The molecular weight excluding hydrogens is 320 g/mol. The predicted molar refractivity (Wildman–Crippen MR) is 78.8 cm³/mol. The number of hydrogen-bond donors (Lipinski definition) is 3. The molecule has 0 radical (unpaired) electrons. The van der Waals surface area contributed by atoms with Crippen LogP contribution in [-0.2, 0) is 14.3 Å². The number of ether oxygens (including phenoxy) is 3. The molecule has 0 spiro atoms. The molecule has 2 amide bonds. The molecule has 1 atom stereocenters. The van der Waals surface area contributed by atoms with Crippen molar-refractivity contribution in [2.45, 2.75) is 12.0 Å².